The molecular weight excluding hydrogens is 342 g/mol. The predicted octanol–water partition coefficient (Wildman–Crippen LogP) is 2.41. The molecule has 7 nitrogen and oxygen atoms in total. The fraction of sp³-hybridized carbons (Fsp3) is 0.500. The van der Waals surface area contributed by atoms with Crippen LogP contribution >= 0.6 is 0 Å². The molecule has 0 aliphatic rings. The van der Waals surface area contributed by atoms with Crippen molar-refractivity contribution in [3.63, 3.8) is 0 Å². The van der Waals surface area contributed by atoms with Gasteiger partial charge in [0.15, 0.2) is 5.96 Å². The number of nitrogens with one attached hydrogen (secondary N) is 2. The lowest BCUT2D eigenvalue weighted by molar-refractivity contribution is 0.182. The van der Waals surface area contributed by atoms with E-state index in [9.17, 15) is 0 Å². The van der Waals surface area contributed by atoms with Gasteiger partial charge in [-0.05, 0) is 38.5 Å². The second kappa shape index (κ2) is 10.6. The Balaban J connectivity index is 2.04. The molecule has 0 saturated carbocycles. The van der Waals surface area contributed by atoms with Crippen LogP contribution in [0.2, 0.25) is 0 Å². The Morgan fingerprint density at radius 2 is 2.04 bits per heavy atom. The number of aliphatic imine (C=N–C) groups is 1. The highest BCUT2D eigenvalue weighted by Gasteiger charge is 2.11. The molecule has 0 spiro atoms. The van der Waals surface area contributed by atoms with Crippen LogP contribution in [0.15, 0.2) is 29.3 Å². The fourth-order valence-corrected chi connectivity index (χ4v) is 2.84. The molecule has 0 aliphatic carbocycles. The van der Waals surface area contributed by atoms with Crippen molar-refractivity contribution in [2.75, 3.05) is 27.4 Å². The maximum Gasteiger partial charge on any atom is 0.191 e. The van der Waals surface area contributed by atoms with Crippen LogP contribution in [0.4, 0.5) is 0 Å². The Kier molecular flexibility index (Phi) is 8.13. The second-order valence-electron chi connectivity index (χ2n) is 6.27. The Bertz CT molecular complexity index is 755. The molecule has 2 aromatic rings. The zero-order chi connectivity index (χ0) is 19.6. The van der Waals surface area contributed by atoms with Gasteiger partial charge in [0.1, 0.15) is 5.75 Å². The van der Waals surface area contributed by atoms with Crippen LogP contribution < -0.4 is 15.4 Å². The molecule has 1 aromatic heterocycles. The van der Waals surface area contributed by atoms with Gasteiger partial charge in [-0.15, -0.1) is 0 Å². The van der Waals surface area contributed by atoms with Crippen LogP contribution in [0.5, 0.6) is 5.75 Å². The van der Waals surface area contributed by atoms with E-state index in [4.69, 9.17) is 9.47 Å². The lowest BCUT2D eigenvalue weighted by Crippen LogP contribution is -2.37. The first-order valence-corrected chi connectivity index (χ1v) is 9.26. The van der Waals surface area contributed by atoms with Crippen molar-refractivity contribution in [1.29, 1.82) is 0 Å². The summed E-state index contributed by atoms with van der Waals surface area (Å²) >= 11 is 0. The number of aryl methyl sites for hydroxylation is 1. The van der Waals surface area contributed by atoms with Gasteiger partial charge < -0.3 is 20.1 Å². The minimum absolute atomic E-state index is 0.581. The highest BCUT2D eigenvalue weighted by molar-refractivity contribution is 5.79. The highest BCUT2D eigenvalue weighted by atomic mass is 16.5. The molecular formula is C20H31N5O2. The molecule has 2 N–H and O–H groups in total. The fourth-order valence-electron chi connectivity index (χ4n) is 2.84. The smallest absolute Gasteiger partial charge is 0.191 e. The number of benzene rings is 1. The number of hydrogen-bond donors (Lipinski definition) is 2. The zero-order valence-electron chi connectivity index (χ0n) is 17.0. The summed E-state index contributed by atoms with van der Waals surface area (Å²) in [5, 5.41) is 11.3. The molecule has 7 heteroatoms. The van der Waals surface area contributed by atoms with Crippen molar-refractivity contribution in [2.45, 2.75) is 40.4 Å². The quantitative estimate of drug-likeness (QED) is 0.522. The third kappa shape index (κ3) is 5.99. The van der Waals surface area contributed by atoms with E-state index in [1.807, 2.05) is 35.9 Å². The first-order valence-electron chi connectivity index (χ1n) is 9.26. The van der Waals surface area contributed by atoms with Gasteiger partial charge >= 0.3 is 0 Å². The molecule has 0 unspecified atom stereocenters. The molecule has 1 aromatic carbocycles. The van der Waals surface area contributed by atoms with Gasteiger partial charge in [-0.1, -0.05) is 12.1 Å². The largest absolute Gasteiger partial charge is 0.497 e. The highest BCUT2D eigenvalue weighted by Crippen LogP contribution is 2.14. The first-order chi connectivity index (χ1) is 13.1. The van der Waals surface area contributed by atoms with Crippen molar-refractivity contribution < 1.29 is 9.47 Å². The molecule has 0 saturated heterocycles. The summed E-state index contributed by atoms with van der Waals surface area (Å²) in [4.78, 5) is 4.68. The van der Waals surface area contributed by atoms with Crippen LogP contribution in [0.25, 0.3) is 0 Å². The van der Waals surface area contributed by atoms with E-state index in [1.165, 1.54) is 5.56 Å². The zero-order valence-corrected chi connectivity index (χ0v) is 17.0. The monoisotopic (exact) mass is 373 g/mol. The molecule has 0 atom stereocenters. The van der Waals surface area contributed by atoms with Crippen LogP contribution in [0.1, 0.15) is 29.4 Å². The van der Waals surface area contributed by atoms with Gasteiger partial charge in [0.2, 0.25) is 0 Å². The average molecular weight is 374 g/mol. The second-order valence-corrected chi connectivity index (χ2v) is 6.27. The van der Waals surface area contributed by atoms with Crippen molar-refractivity contribution in [1.82, 2.24) is 20.4 Å². The van der Waals surface area contributed by atoms with E-state index in [2.05, 4.69) is 34.6 Å². The van der Waals surface area contributed by atoms with Gasteiger partial charge in [0.25, 0.3) is 0 Å². The number of nitrogens with zero attached hydrogens (tertiary/aromatic N) is 3. The minimum atomic E-state index is 0.581. The lowest BCUT2D eigenvalue weighted by atomic mass is 10.2. The molecule has 0 aliphatic heterocycles. The molecule has 0 fully saturated rings. The summed E-state index contributed by atoms with van der Waals surface area (Å²) in [7, 11) is 3.38. The Labute approximate surface area is 161 Å². The predicted molar refractivity (Wildman–Crippen MR) is 108 cm³/mol. The summed E-state index contributed by atoms with van der Waals surface area (Å²) < 4.78 is 12.4. The summed E-state index contributed by atoms with van der Waals surface area (Å²) in [6.45, 7) is 9.65. The maximum absolute atomic E-state index is 5.27. The summed E-state index contributed by atoms with van der Waals surface area (Å²) in [6.07, 6.45) is 0. The normalized spacial score (nSPS) is 11.5. The SMILES string of the molecule is CCNC(=NCc1cccc(OC)c1)NCc1c(C)nn(CCOC)c1C. The average Bonchev–Trinajstić information content (AvgIpc) is 2.95. The van der Waals surface area contributed by atoms with E-state index >= 15 is 0 Å². The van der Waals surface area contributed by atoms with E-state index in [0.29, 0.717) is 19.7 Å². The number of hydrogen-bond acceptors (Lipinski definition) is 4. The van der Waals surface area contributed by atoms with Crippen LogP contribution in [0, 0.1) is 13.8 Å². The van der Waals surface area contributed by atoms with Crippen LogP contribution in [0.3, 0.4) is 0 Å². The molecule has 2 rings (SSSR count). The van der Waals surface area contributed by atoms with E-state index in [0.717, 1.165) is 41.7 Å². The van der Waals surface area contributed by atoms with Crippen molar-refractivity contribution in [3.05, 3.63) is 46.8 Å². The number of guanidine groups is 1. The van der Waals surface area contributed by atoms with E-state index < -0.39 is 0 Å². The third-order valence-corrected chi connectivity index (χ3v) is 4.37. The number of methoxy groups -OCH3 is 2. The minimum Gasteiger partial charge on any atom is -0.497 e. The van der Waals surface area contributed by atoms with Crippen molar-refractivity contribution in [3.8, 4) is 5.75 Å². The van der Waals surface area contributed by atoms with Crippen molar-refractivity contribution >= 4 is 5.96 Å². The Hall–Kier alpha value is -2.54. The van der Waals surface area contributed by atoms with Gasteiger partial charge in [-0.2, -0.15) is 5.10 Å². The molecule has 0 bridgehead atoms. The third-order valence-electron chi connectivity index (χ3n) is 4.37. The standard InChI is InChI=1S/C20H31N5O2/c1-6-21-20(22-13-17-8-7-9-18(12-17)27-5)23-14-19-15(2)24-25(16(19)3)10-11-26-4/h7-9,12H,6,10-11,13-14H2,1-5H3,(H2,21,22,23). The topological polar surface area (TPSA) is 72.7 Å². The lowest BCUT2D eigenvalue weighted by Gasteiger charge is -2.12. The Morgan fingerprint density at radius 3 is 2.74 bits per heavy atom. The number of rotatable bonds is 9. The molecule has 0 amide bonds. The maximum atomic E-state index is 5.27. The number of ether oxygens (including phenoxy) is 2. The van der Waals surface area contributed by atoms with Gasteiger partial charge in [-0.25, -0.2) is 4.99 Å². The van der Waals surface area contributed by atoms with E-state index in [-0.39, 0.29) is 0 Å². The summed E-state index contributed by atoms with van der Waals surface area (Å²) in [5.74, 6) is 1.62. The van der Waals surface area contributed by atoms with Gasteiger partial charge in [0, 0.05) is 31.5 Å². The molecule has 0 radical (unpaired) electrons. The molecule has 148 valence electrons. The first kappa shape index (κ1) is 20.8. The molecule has 1 heterocycles. The number of aromatic nitrogens is 2. The van der Waals surface area contributed by atoms with E-state index in [1.54, 1.807) is 14.2 Å². The summed E-state index contributed by atoms with van der Waals surface area (Å²) in [5.41, 5.74) is 4.48. The summed E-state index contributed by atoms with van der Waals surface area (Å²) in [6, 6.07) is 7.96. The Morgan fingerprint density at radius 1 is 1.22 bits per heavy atom. The molecule has 27 heavy (non-hydrogen) atoms. The van der Waals surface area contributed by atoms with Crippen LogP contribution in [-0.4, -0.2) is 43.1 Å². The van der Waals surface area contributed by atoms with Crippen molar-refractivity contribution in [2.24, 2.45) is 4.99 Å². The van der Waals surface area contributed by atoms with Crippen LogP contribution in [-0.2, 0) is 24.4 Å². The van der Waals surface area contributed by atoms with Gasteiger partial charge in [0.05, 0.1) is 32.5 Å². The van der Waals surface area contributed by atoms with Gasteiger partial charge in [-0.3, -0.25) is 4.68 Å².